The maximum Gasteiger partial charge on any atom is 0.419 e. The van der Waals surface area contributed by atoms with Crippen molar-refractivity contribution in [2.24, 2.45) is 5.92 Å². The molecule has 44 heavy (non-hydrogen) atoms. The van der Waals surface area contributed by atoms with Crippen LogP contribution in [-0.2, 0) is 15.8 Å². The minimum atomic E-state index is -5.00. The summed E-state index contributed by atoms with van der Waals surface area (Å²) in [6.45, 7) is 0. The van der Waals surface area contributed by atoms with Gasteiger partial charge in [-0.1, -0.05) is 17.7 Å². The van der Waals surface area contributed by atoms with Crippen LogP contribution in [0.15, 0.2) is 48.5 Å². The Morgan fingerprint density at radius 3 is 2.20 bits per heavy atom. The first-order chi connectivity index (χ1) is 20.5. The highest BCUT2D eigenvalue weighted by atomic mass is 35.5. The largest absolute Gasteiger partial charge is 0.419 e. The molecule has 1 aliphatic rings. The van der Waals surface area contributed by atoms with Gasteiger partial charge in [-0.15, -0.1) is 46.4 Å². The van der Waals surface area contributed by atoms with Crippen LogP contribution >= 0.6 is 58.0 Å². The molecule has 0 heterocycles. The third-order valence-corrected chi connectivity index (χ3v) is 8.57. The van der Waals surface area contributed by atoms with Gasteiger partial charge in [-0.3, -0.25) is 14.4 Å². The van der Waals surface area contributed by atoms with E-state index in [1.54, 1.807) is 0 Å². The number of benzene rings is 3. The minimum Gasteiger partial charge on any atom is -0.326 e. The van der Waals surface area contributed by atoms with Gasteiger partial charge in [0, 0.05) is 17.5 Å². The molecular weight excluding hydrogens is 706 g/mol. The van der Waals surface area contributed by atoms with Crippen molar-refractivity contribution in [3.05, 3.63) is 87.7 Å². The quantitative estimate of drug-likeness (QED) is 0.162. The van der Waals surface area contributed by atoms with Gasteiger partial charge < -0.3 is 16.0 Å². The lowest BCUT2D eigenvalue weighted by Crippen LogP contribution is -2.26. The first-order valence-corrected chi connectivity index (χ1v) is 14.2. The Hall–Kier alpha value is -2.90. The number of halogens is 11. The summed E-state index contributed by atoms with van der Waals surface area (Å²) in [6, 6.07) is 7.38. The zero-order chi connectivity index (χ0) is 32.7. The fraction of sp³-hybridized carbons (Fsp3) is 0.222. The van der Waals surface area contributed by atoms with Crippen molar-refractivity contribution >= 4 is 92.8 Å². The van der Waals surface area contributed by atoms with Gasteiger partial charge in [0.15, 0.2) is 5.82 Å². The number of hydrogen-bond acceptors (Lipinski definition) is 3. The molecule has 0 bridgehead atoms. The van der Waals surface area contributed by atoms with Crippen LogP contribution in [0.2, 0.25) is 5.02 Å². The topological polar surface area (TPSA) is 87.3 Å². The van der Waals surface area contributed by atoms with Gasteiger partial charge in [0.25, 0.3) is 5.91 Å². The van der Waals surface area contributed by atoms with Gasteiger partial charge in [0.05, 0.1) is 27.8 Å². The molecular formula is C27H16Cl5F6N3O3. The van der Waals surface area contributed by atoms with Gasteiger partial charge >= 0.3 is 6.18 Å². The van der Waals surface area contributed by atoms with E-state index in [-0.39, 0.29) is 27.7 Å². The summed E-state index contributed by atoms with van der Waals surface area (Å²) in [6.07, 6.45) is -5.00. The predicted molar refractivity (Wildman–Crippen MR) is 155 cm³/mol. The Balaban J connectivity index is 1.52. The number of carbonyl (C=O) groups is 3. The number of hydrogen-bond donors (Lipinski definition) is 3. The van der Waals surface area contributed by atoms with Crippen molar-refractivity contribution in [1.29, 1.82) is 0 Å². The molecule has 3 aromatic rings. The van der Waals surface area contributed by atoms with E-state index in [0.29, 0.717) is 12.1 Å². The van der Waals surface area contributed by atoms with Crippen LogP contribution in [0.4, 0.5) is 43.4 Å². The van der Waals surface area contributed by atoms with Crippen LogP contribution < -0.4 is 16.0 Å². The molecule has 0 aromatic heterocycles. The summed E-state index contributed by atoms with van der Waals surface area (Å²) in [5, 5.41) is 5.11. The van der Waals surface area contributed by atoms with Crippen LogP contribution in [0.5, 0.6) is 0 Å². The highest BCUT2D eigenvalue weighted by Gasteiger charge is 2.67. The zero-order valence-corrected chi connectivity index (χ0v) is 25.2. The van der Waals surface area contributed by atoms with Crippen molar-refractivity contribution < 1.29 is 40.7 Å². The lowest BCUT2D eigenvalue weighted by atomic mass is 10.0. The highest BCUT2D eigenvalue weighted by molar-refractivity contribution is 6.53. The molecule has 1 aliphatic carbocycles. The maximum absolute atomic E-state index is 15.0. The van der Waals surface area contributed by atoms with E-state index in [1.165, 1.54) is 12.1 Å². The second-order valence-electron chi connectivity index (χ2n) is 9.40. The molecule has 0 radical (unpaired) electrons. The SMILES string of the molecule is O=C(Nc1ccc(F)c(NC(=O)C(Cl)CCl)c1F)c1cc(NC(=O)[C@H]2[C@H](c3ccc(F)c(C(F)(F)F)c3)C2(Cl)Cl)ccc1Cl. The third kappa shape index (κ3) is 6.99. The maximum atomic E-state index is 15.0. The fourth-order valence-electron chi connectivity index (χ4n) is 4.24. The smallest absolute Gasteiger partial charge is 0.326 e. The van der Waals surface area contributed by atoms with E-state index in [1.807, 2.05) is 5.32 Å². The summed E-state index contributed by atoms with van der Waals surface area (Å²) in [5.74, 6) is -9.61. The number of anilines is 3. The molecule has 4 rings (SSSR count). The van der Waals surface area contributed by atoms with Crippen molar-refractivity contribution in [1.82, 2.24) is 0 Å². The summed E-state index contributed by atoms with van der Waals surface area (Å²) in [4.78, 5) is 37.9. The highest BCUT2D eigenvalue weighted by Crippen LogP contribution is 2.65. The molecule has 234 valence electrons. The minimum absolute atomic E-state index is 0.0313. The van der Waals surface area contributed by atoms with Crippen molar-refractivity contribution in [3.63, 3.8) is 0 Å². The molecule has 0 aliphatic heterocycles. The van der Waals surface area contributed by atoms with Crippen LogP contribution in [-0.4, -0.2) is 33.3 Å². The molecule has 1 saturated carbocycles. The van der Waals surface area contributed by atoms with E-state index >= 15 is 4.39 Å². The summed E-state index contributed by atoms with van der Waals surface area (Å²) in [7, 11) is 0. The Labute approximate surface area is 269 Å². The third-order valence-electron chi connectivity index (χ3n) is 6.48. The molecule has 3 aromatic carbocycles. The van der Waals surface area contributed by atoms with Crippen LogP contribution in [0.3, 0.4) is 0 Å². The van der Waals surface area contributed by atoms with E-state index in [2.05, 4.69) is 10.6 Å². The zero-order valence-electron chi connectivity index (χ0n) is 21.4. The van der Waals surface area contributed by atoms with Crippen LogP contribution in [0, 0.1) is 23.4 Å². The number of amides is 3. The van der Waals surface area contributed by atoms with Crippen molar-refractivity contribution in [2.75, 3.05) is 21.8 Å². The Kier molecular flexibility index (Phi) is 9.92. The molecule has 1 fully saturated rings. The first kappa shape index (κ1) is 34.0. The van der Waals surface area contributed by atoms with Crippen molar-refractivity contribution in [3.8, 4) is 0 Å². The van der Waals surface area contributed by atoms with Gasteiger partial charge in [-0.25, -0.2) is 13.2 Å². The van der Waals surface area contributed by atoms with E-state index in [9.17, 15) is 36.3 Å². The average molecular weight is 722 g/mol. The summed E-state index contributed by atoms with van der Waals surface area (Å²) >= 11 is 29.7. The lowest BCUT2D eigenvalue weighted by molar-refractivity contribution is -0.140. The van der Waals surface area contributed by atoms with Gasteiger partial charge in [0.2, 0.25) is 11.8 Å². The molecule has 0 saturated heterocycles. The Morgan fingerprint density at radius 2 is 1.57 bits per heavy atom. The standard InChI is InChI=1S/C27H16Cl5F6N3O3/c28-9-15(30)24(43)41-22-17(34)5-6-18(21(22)35)40-23(42)12-8-11(2-3-14(12)29)39-25(44)20-19(26(20,31)32)10-1-4-16(33)13(7-10)27(36,37)38/h1-8,15,19-20H,9H2,(H,39,44)(H,40,42)(H,41,43)/t15?,19-,20+/m0/s1. The summed E-state index contributed by atoms with van der Waals surface area (Å²) in [5.41, 5.74) is -3.45. The molecule has 1 unspecified atom stereocenters. The lowest BCUT2D eigenvalue weighted by Gasteiger charge is -2.14. The fourth-order valence-corrected chi connectivity index (χ4v) is 5.47. The summed E-state index contributed by atoms with van der Waals surface area (Å²) < 4.78 is 80.7. The Morgan fingerprint density at radius 1 is 0.909 bits per heavy atom. The Bertz CT molecular complexity index is 1660. The van der Waals surface area contributed by atoms with Gasteiger partial charge in [-0.05, 0) is 48.0 Å². The van der Waals surface area contributed by atoms with E-state index in [0.717, 1.165) is 24.3 Å². The molecule has 17 heteroatoms. The van der Waals surface area contributed by atoms with Gasteiger partial charge in [-0.2, -0.15) is 13.2 Å². The van der Waals surface area contributed by atoms with E-state index in [4.69, 9.17) is 58.0 Å². The second-order valence-corrected chi connectivity index (χ2v) is 12.1. The predicted octanol–water partition coefficient (Wildman–Crippen LogP) is 8.34. The molecule has 6 nitrogen and oxygen atoms in total. The second kappa shape index (κ2) is 12.8. The number of alkyl halides is 7. The van der Waals surface area contributed by atoms with E-state index < -0.39 is 79.8 Å². The van der Waals surface area contributed by atoms with Crippen LogP contribution in [0.1, 0.15) is 27.4 Å². The van der Waals surface area contributed by atoms with Crippen LogP contribution in [0.25, 0.3) is 0 Å². The average Bonchev–Trinajstić information content (AvgIpc) is 3.54. The first-order valence-electron chi connectivity index (χ1n) is 12.1. The number of carbonyl (C=O) groups excluding carboxylic acids is 3. The van der Waals surface area contributed by atoms with Crippen molar-refractivity contribution in [2.45, 2.75) is 21.8 Å². The molecule has 3 amide bonds. The monoisotopic (exact) mass is 719 g/mol. The molecule has 3 N–H and O–H groups in total. The van der Waals surface area contributed by atoms with Gasteiger partial charge in [0.1, 0.15) is 27.0 Å². The number of nitrogens with one attached hydrogen (secondary N) is 3. The normalized spacial score (nSPS) is 17.9. The molecule has 3 atom stereocenters. The molecule has 0 spiro atoms. The number of rotatable bonds is 8.